The van der Waals surface area contributed by atoms with Crippen molar-refractivity contribution in [1.82, 2.24) is 4.98 Å². The summed E-state index contributed by atoms with van der Waals surface area (Å²) in [6.07, 6.45) is 5.48. The van der Waals surface area contributed by atoms with Gasteiger partial charge in [0.25, 0.3) is 0 Å². The first-order valence-corrected chi connectivity index (χ1v) is 5.87. The van der Waals surface area contributed by atoms with Crippen LogP contribution in [0.1, 0.15) is 24.8 Å². The maximum absolute atomic E-state index is 9.10. The molecule has 1 aliphatic rings. The van der Waals surface area contributed by atoms with Gasteiger partial charge in [0.2, 0.25) is 0 Å². The second kappa shape index (κ2) is 5.27. The lowest BCUT2D eigenvalue weighted by Gasteiger charge is -2.38. The molecule has 1 aliphatic carbocycles. The molecule has 1 heterocycles. The Kier molecular flexibility index (Phi) is 3.74. The smallest absolute Gasteiger partial charge is 0.129 e. The summed E-state index contributed by atoms with van der Waals surface area (Å²) in [5, 5.41) is 9.10. The molecule has 3 N–H and O–H groups in total. The lowest BCUT2D eigenvalue weighted by Crippen LogP contribution is -2.42. The average molecular weight is 221 g/mol. The average Bonchev–Trinajstić information content (AvgIpc) is 2.26. The van der Waals surface area contributed by atoms with Crippen molar-refractivity contribution >= 4 is 5.82 Å². The normalized spacial score (nSPS) is 15.9. The van der Waals surface area contributed by atoms with Crippen LogP contribution >= 0.6 is 0 Å². The van der Waals surface area contributed by atoms with Crippen molar-refractivity contribution in [1.29, 1.82) is 0 Å². The Bertz CT molecular complexity index is 339. The number of anilines is 1. The fourth-order valence-electron chi connectivity index (χ4n) is 2.03. The second-order valence-corrected chi connectivity index (χ2v) is 4.23. The number of hydrogen-bond donors (Lipinski definition) is 2. The molecule has 0 radical (unpaired) electrons. The SMILES string of the molecule is NCc1ccnc(N(CCO)C2CCC2)c1. The van der Waals surface area contributed by atoms with Crippen LogP contribution in [0.25, 0.3) is 0 Å². The molecule has 1 aromatic rings. The molecule has 0 aromatic carbocycles. The van der Waals surface area contributed by atoms with Crippen LogP contribution < -0.4 is 10.6 Å². The molecule has 0 bridgehead atoms. The quantitative estimate of drug-likeness (QED) is 0.775. The maximum atomic E-state index is 9.10. The van der Waals surface area contributed by atoms with Crippen molar-refractivity contribution in [3.05, 3.63) is 23.9 Å². The zero-order valence-corrected chi connectivity index (χ0v) is 9.47. The van der Waals surface area contributed by atoms with E-state index in [4.69, 9.17) is 10.8 Å². The number of aliphatic hydroxyl groups is 1. The van der Waals surface area contributed by atoms with Gasteiger partial charge < -0.3 is 15.7 Å². The highest BCUT2D eigenvalue weighted by Crippen LogP contribution is 2.28. The summed E-state index contributed by atoms with van der Waals surface area (Å²) in [6, 6.07) is 4.50. The number of nitrogens with two attached hydrogens (primary N) is 1. The van der Waals surface area contributed by atoms with Gasteiger partial charge in [-0.1, -0.05) is 0 Å². The number of aromatic nitrogens is 1. The summed E-state index contributed by atoms with van der Waals surface area (Å²) >= 11 is 0. The largest absolute Gasteiger partial charge is 0.395 e. The van der Waals surface area contributed by atoms with E-state index in [1.165, 1.54) is 19.3 Å². The van der Waals surface area contributed by atoms with Crippen LogP contribution in [0.2, 0.25) is 0 Å². The molecule has 0 atom stereocenters. The Labute approximate surface area is 96.1 Å². The van der Waals surface area contributed by atoms with E-state index in [0.717, 1.165) is 11.4 Å². The molecular formula is C12H19N3O. The lowest BCUT2D eigenvalue weighted by molar-refractivity contribution is 0.283. The Morgan fingerprint density at radius 3 is 2.88 bits per heavy atom. The van der Waals surface area contributed by atoms with Gasteiger partial charge in [-0.05, 0) is 37.0 Å². The molecule has 1 fully saturated rings. The van der Waals surface area contributed by atoms with Crippen LogP contribution in [0.5, 0.6) is 0 Å². The molecule has 4 nitrogen and oxygen atoms in total. The minimum absolute atomic E-state index is 0.172. The third-order valence-electron chi connectivity index (χ3n) is 3.20. The highest BCUT2D eigenvalue weighted by Gasteiger charge is 2.25. The number of nitrogens with zero attached hydrogens (tertiary/aromatic N) is 2. The van der Waals surface area contributed by atoms with Gasteiger partial charge in [-0.25, -0.2) is 4.98 Å². The molecule has 0 amide bonds. The van der Waals surface area contributed by atoms with Gasteiger partial charge in [0.15, 0.2) is 0 Å². The summed E-state index contributed by atoms with van der Waals surface area (Å²) in [5.74, 6) is 0.946. The number of pyridine rings is 1. The summed E-state index contributed by atoms with van der Waals surface area (Å²) in [7, 11) is 0. The van der Waals surface area contributed by atoms with Crippen LogP contribution in [0.4, 0.5) is 5.82 Å². The molecule has 0 saturated heterocycles. The molecule has 0 aliphatic heterocycles. The van der Waals surface area contributed by atoms with E-state index in [1.807, 2.05) is 12.1 Å². The van der Waals surface area contributed by atoms with Crippen LogP contribution in [-0.4, -0.2) is 29.3 Å². The molecule has 1 saturated carbocycles. The van der Waals surface area contributed by atoms with Gasteiger partial charge in [0, 0.05) is 25.3 Å². The summed E-state index contributed by atoms with van der Waals surface area (Å²) in [4.78, 5) is 6.57. The van der Waals surface area contributed by atoms with E-state index in [9.17, 15) is 0 Å². The summed E-state index contributed by atoms with van der Waals surface area (Å²) < 4.78 is 0. The van der Waals surface area contributed by atoms with Gasteiger partial charge >= 0.3 is 0 Å². The second-order valence-electron chi connectivity index (χ2n) is 4.23. The fraction of sp³-hybridized carbons (Fsp3) is 0.583. The lowest BCUT2D eigenvalue weighted by atomic mass is 9.91. The van der Waals surface area contributed by atoms with Gasteiger partial charge in [0.05, 0.1) is 6.61 Å². The Morgan fingerprint density at radius 1 is 1.50 bits per heavy atom. The third kappa shape index (κ3) is 2.33. The van der Waals surface area contributed by atoms with Crippen molar-refractivity contribution in [2.75, 3.05) is 18.1 Å². The molecule has 2 rings (SSSR count). The number of rotatable bonds is 5. The zero-order chi connectivity index (χ0) is 11.4. The van der Waals surface area contributed by atoms with E-state index >= 15 is 0 Å². The first-order valence-electron chi connectivity index (χ1n) is 5.87. The zero-order valence-electron chi connectivity index (χ0n) is 9.47. The van der Waals surface area contributed by atoms with E-state index in [-0.39, 0.29) is 6.61 Å². The van der Waals surface area contributed by atoms with Gasteiger partial charge in [-0.3, -0.25) is 0 Å². The monoisotopic (exact) mass is 221 g/mol. The molecule has 16 heavy (non-hydrogen) atoms. The van der Waals surface area contributed by atoms with Crippen LogP contribution in [-0.2, 0) is 6.54 Å². The third-order valence-corrected chi connectivity index (χ3v) is 3.20. The molecular weight excluding hydrogens is 202 g/mol. The predicted molar refractivity (Wildman–Crippen MR) is 64.2 cm³/mol. The first-order chi connectivity index (χ1) is 7.85. The first kappa shape index (κ1) is 11.4. The summed E-state index contributed by atoms with van der Waals surface area (Å²) in [6.45, 7) is 1.36. The standard InChI is InChI=1S/C12H19N3O/c13-9-10-4-5-14-12(8-10)15(6-7-16)11-2-1-3-11/h4-5,8,11,16H,1-3,6-7,9,13H2. The van der Waals surface area contributed by atoms with E-state index in [2.05, 4.69) is 9.88 Å². The van der Waals surface area contributed by atoms with E-state index in [1.54, 1.807) is 6.20 Å². The topological polar surface area (TPSA) is 62.4 Å². The Hall–Kier alpha value is -1.13. The molecule has 0 unspecified atom stereocenters. The van der Waals surface area contributed by atoms with Crippen molar-refractivity contribution in [3.63, 3.8) is 0 Å². The predicted octanol–water partition coefficient (Wildman–Crippen LogP) is 0.891. The van der Waals surface area contributed by atoms with Crippen LogP contribution in [0.15, 0.2) is 18.3 Å². The van der Waals surface area contributed by atoms with E-state index in [0.29, 0.717) is 19.1 Å². The highest BCUT2D eigenvalue weighted by atomic mass is 16.3. The highest BCUT2D eigenvalue weighted by molar-refractivity contribution is 5.42. The van der Waals surface area contributed by atoms with Gasteiger partial charge in [-0.2, -0.15) is 0 Å². The maximum Gasteiger partial charge on any atom is 0.129 e. The van der Waals surface area contributed by atoms with Crippen LogP contribution in [0.3, 0.4) is 0 Å². The van der Waals surface area contributed by atoms with Crippen molar-refractivity contribution in [3.8, 4) is 0 Å². The number of aliphatic hydroxyl groups excluding tert-OH is 1. The molecule has 0 spiro atoms. The summed E-state index contributed by atoms with van der Waals surface area (Å²) in [5.41, 5.74) is 6.71. The Balaban J connectivity index is 2.16. The molecule has 4 heteroatoms. The van der Waals surface area contributed by atoms with Crippen molar-refractivity contribution in [2.24, 2.45) is 5.73 Å². The van der Waals surface area contributed by atoms with E-state index < -0.39 is 0 Å². The van der Waals surface area contributed by atoms with Gasteiger partial charge in [-0.15, -0.1) is 0 Å². The van der Waals surface area contributed by atoms with Crippen molar-refractivity contribution < 1.29 is 5.11 Å². The molecule has 88 valence electrons. The van der Waals surface area contributed by atoms with Crippen molar-refractivity contribution in [2.45, 2.75) is 31.8 Å². The minimum Gasteiger partial charge on any atom is -0.395 e. The number of hydrogen-bond acceptors (Lipinski definition) is 4. The Morgan fingerprint density at radius 2 is 2.31 bits per heavy atom. The van der Waals surface area contributed by atoms with Crippen LogP contribution in [0, 0.1) is 0 Å². The molecule has 1 aromatic heterocycles. The fourth-order valence-corrected chi connectivity index (χ4v) is 2.03. The minimum atomic E-state index is 0.172. The van der Waals surface area contributed by atoms with Gasteiger partial charge in [0.1, 0.15) is 5.82 Å².